The van der Waals surface area contributed by atoms with Gasteiger partial charge in [-0.3, -0.25) is 0 Å². The Morgan fingerprint density at radius 3 is 1.46 bits per heavy atom. The Bertz CT molecular complexity index is 2260. The molecule has 4 heterocycles. The van der Waals surface area contributed by atoms with Crippen LogP contribution in [0, 0.1) is 41.5 Å². The number of hydrogen-bond acceptors (Lipinski definition) is 7. The molecule has 10 heteroatoms. The molecule has 0 aliphatic rings. The number of aromatic nitrogens is 6. The Morgan fingerprint density at radius 2 is 1.02 bits per heavy atom. The first-order valence-corrected chi connectivity index (χ1v) is 17.3. The lowest BCUT2D eigenvalue weighted by Gasteiger charge is -2.09. The van der Waals surface area contributed by atoms with Gasteiger partial charge in [0.1, 0.15) is 34.2 Å². The van der Waals surface area contributed by atoms with Gasteiger partial charge in [-0.15, -0.1) is 0 Å². The van der Waals surface area contributed by atoms with Crippen LogP contribution in [0.1, 0.15) is 60.5 Å². The van der Waals surface area contributed by atoms with Crippen LogP contribution in [-0.2, 0) is 13.1 Å². The fourth-order valence-corrected chi connectivity index (χ4v) is 7.21. The van der Waals surface area contributed by atoms with E-state index in [1.54, 1.807) is 0 Å². The van der Waals surface area contributed by atoms with Crippen LogP contribution in [0.4, 0.5) is 5.69 Å². The number of imidazole rings is 2. The monoisotopic (exact) mass is 759 g/mol. The number of fused-ring (bicyclic) bond motifs is 2. The van der Waals surface area contributed by atoms with E-state index in [1.807, 2.05) is 71.9 Å². The summed E-state index contributed by atoms with van der Waals surface area (Å²) in [5.74, 6) is 3.56. The summed E-state index contributed by atoms with van der Waals surface area (Å²) in [6.45, 7) is 13.4. The van der Waals surface area contributed by atoms with Crippen LogP contribution < -0.4 is 5.73 Å². The van der Waals surface area contributed by atoms with E-state index in [0.29, 0.717) is 5.69 Å². The minimum Gasteiger partial charge on any atom is -0.397 e. The van der Waals surface area contributed by atoms with Crippen molar-refractivity contribution in [1.82, 2.24) is 29.4 Å². The molecule has 0 saturated carbocycles. The Balaban J connectivity index is 0.000000194. The maximum Gasteiger partial charge on any atom is 0.141 e. The molecule has 9 nitrogen and oxygen atoms in total. The summed E-state index contributed by atoms with van der Waals surface area (Å²) < 4.78 is 16.1. The van der Waals surface area contributed by atoms with Crippen molar-refractivity contribution in [3.05, 3.63) is 135 Å². The summed E-state index contributed by atoms with van der Waals surface area (Å²) in [5.41, 5.74) is 19.3. The quantitative estimate of drug-likeness (QED) is 0.168. The molecule has 0 fully saturated rings. The zero-order chi connectivity index (χ0) is 35.1. The largest absolute Gasteiger partial charge is 0.397 e. The second-order valence-corrected chi connectivity index (χ2v) is 13.5. The molecular formula is C42H46BrN7O2. The van der Waals surface area contributed by atoms with Gasteiger partial charge in [0.15, 0.2) is 0 Å². The maximum atomic E-state index is 6.31. The van der Waals surface area contributed by atoms with E-state index in [4.69, 9.17) is 19.8 Å². The van der Waals surface area contributed by atoms with Crippen LogP contribution >= 0.6 is 15.9 Å². The van der Waals surface area contributed by atoms with Gasteiger partial charge >= 0.3 is 0 Å². The van der Waals surface area contributed by atoms with E-state index in [2.05, 4.69) is 95.0 Å². The fourth-order valence-electron chi connectivity index (χ4n) is 6.67. The number of nitrogen functional groups attached to an aromatic ring is 1. The zero-order valence-electron chi connectivity index (χ0n) is 29.0. The van der Waals surface area contributed by atoms with E-state index >= 15 is 0 Å². The Hall–Kier alpha value is -5.48. The van der Waals surface area contributed by atoms with Crippen LogP contribution in [0.5, 0.6) is 0 Å². The second-order valence-electron chi connectivity index (χ2n) is 12.6. The highest BCUT2D eigenvalue weighted by Crippen LogP contribution is 2.35. The summed E-state index contributed by atoms with van der Waals surface area (Å²) in [5, 5.41) is 8.14. The molecule has 8 aromatic rings. The molecular weight excluding hydrogens is 714 g/mol. The van der Waals surface area contributed by atoms with E-state index in [9.17, 15) is 0 Å². The van der Waals surface area contributed by atoms with E-state index in [-0.39, 0.29) is 14.9 Å². The van der Waals surface area contributed by atoms with Gasteiger partial charge < -0.3 is 23.9 Å². The molecule has 268 valence electrons. The second kappa shape index (κ2) is 15.4. The van der Waals surface area contributed by atoms with Crippen molar-refractivity contribution in [3.8, 4) is 22.3 Å². The van der Waals surface area contributed by atoms with Gasteiger partial charge in [-0.1, -0.05) is 85.8 Å². The zero-order valence-corrected chi connectivity index (χ0v) is 30.5. The topological polar surface area (TPSA) is 114 Å². The molecule has 0 amide bonds. The van der Waals surface area contributed by atoms with Crippen molar-refractivity contribution < 1.29 is 9.05 Å². The highest BCUT2D eigenvalue weighted by atomic mass is 79.9. The lowest BCUT2D eigenvalue weighted by Crippen LogP contribution is -2.02. The Morgan fingerprint density at radius 1 is 0.596 bits per heavy atom. The van der Waals surface area contributed by atoms with Crippen LogP contribution in [-0.4, -0.2) is 29.4 Å². The van der Waals surface area contributed by atoms with E-state index < -0.39 is 0 Å². The van der Waals surface area contributed by atoms with Gasteiger partial charge in [0, 0.05) is 28.7 Å². The third-order valence-corrected chi connectivity index (χ3v) is 9.69. The number of halogens is 1. The maximum absolute atomic E-state index is 6.31. The molecule has 0 saturated heterocycles. The number of nitrogens with two attached hydrogens (primary N) is 1. The predicted molar refractivity (Wildman–Crippen MR) is 216 cm³/mol. The highest BCUT2D eigenvalue weighted by Gasteiger charge is 2.19. The lowest BCUT2D eigenvalue weighted by atomic mass is 10.0. The average Bonchev–Trinajstić information content (AvgIpc) is 3.82. The molecule has 52 heavy (non-hydrogen) atoms. The van der Waals surface area contributed by atoms with Crippen molar-refractivity contribution in [2.45, 2.75) is 69.5 Å². The molecule has 0 radical (unpaired) electrons. The van der Waals surface area contributed by atoms with Crippen molar-refractivity contribution in [3.63, 3.8) is 0 Å². The van der Waals surface area contributed by atoms with Crippen LogP contribution in [0.2, 0.25) is 0 Å². The molecule has 2 N–H and O–H groups in total. The summed E-state index contributed by atoms with van der Waals surface area (Å²) >= 11 is 3.69. The van der Waals surface area contributed by atoms with Gasteiger partial charge in [0.25, 0.3) is 0 Å². The van der Waals surface area contributed by atoms with Gasteiger partial charge in [-0.2, -0.15) is 0 Å². The molecule has 0 unspecified atom stereocenters. The van der Waals surface area contributed by atoms with Gasteiger partial charge in [-0.05, 0) is 104 Å². The van der Waals surface area contributed by atoms with E-state index in [1.165, 1.54) is 11.1 Å². The Labute approximate surface area is 313 Å². The minimum atomic E-state index is 0. The molecule has 0 spiro atoms. The first-order chi connectivity index (χ1) is 24.1. The minimum absolute atomic E-state index is 0. The van der Waals surface area contributed by atoms with Crippen LogP contribution in [0.25, 0.3) is 44.3 Å². The van der Waals surface area contributed by atoms with Crippen molar-refractivity contribution in [2.24, 2.45) is 0 Å². The van der Waals surface area contributed by atoms with E-state index in [0.717, 1.165) is 96.4 Å². The predicted octanol–water partition coefficient (Wildman–Crippen LogP) is 10.9. The van der Waals surface area contributed by atoms with Gasteiger partial charge in [0.2, 0.25) is 0 Å². The molecule has 4 aromatic carbocycles. The number of anilines is 1. The normalized spacial score (nSPS) is 10.9. The van der Waals surface area contributed by atoms with Crippen LogP contribution in [0.15, 0.2) is 98.4 Å². The third-order valence-electron chi connectivity index (χ3n) is 9.08. The average molecular weight is 761 g/mol. The lowest BCUT2D eigenvalue weighted by molar-refractivity contribution is 0.393. The number of rotatable bonds is 6. The summed E-state index contributed by atoms with van der Waals surface area (Å²) in [6.07, 6.45) is 0. The van der Waals surface area contributed by atoms with Gasteiger partial charge in [-0.25, -0.2) is 9.97 Å². The number of nitrogens with zero attached hydrogens (tertiary/aromatic N) is 6. The molecule has 0 aliphatic heterocycles. The number of benzene rings is 4. The fraction of sp³-hybridized carbons (Fsp3) is 0.238. The molecule has 0 atom stereocenters. The third kappa shape index (κ3) is 7.16. The molecule has 4 aromatic heterocycles. The first kappa shape index (κ1) is 37.8. The smallest absolute Gasteiger partial charge is 0.141 e. The summed E-state index contributed by atoms with van der Waals surface area (Å²) in [7, 11) is 0. The summed E-state index contributed by atoms with van der Waals surface area (Å²) in [4.78, 5) is 9.43. The molecule has 0 bridgehead atoms. The molecule has 0 aliphatic carbocycles. The summed E-state index contributed by atoms with van der Waals surface area (Å²) in [6, 6.07) is 29.1. The highest BCUT2D eigenvalue weighted by molar-refractivity contribution is 9.10. The van der Waals surface area contributed by atoms with Crippen molar-refractivity contribution in [2.75, 3.05) is 5.73 Å². The van der Waals surface area contributed by atoms with Crippen molar-refractivity contribution in [1.29, 1.82) is 0 Å². The molecule has 8 rings (SSSR count). The number of aryl methyl sites for hydroxylation is 6. The van der Waals surface area contributed by atoms with Gasteiger partial charge in [0.05, 0.1) is 28.1 Å². The first-order valence-electron chi connectivity index (χ1n) is 16.5. The SMILES string of the molecule is C.C.Cc1noc(C)c1-c1cc(Br)c2nc(C)n(Cc3ccccc3)c2c1.Cc1noc(C)c1-c1cc(N)c2nc(C)n(Cc3ccccc3)c2c1. The number of hydrogen-bond donors (Lipinski definition) is 1. The standard InChI is InChI=1S/C20H18BrN3O.C20H20N4O.2CH4/c2*1-12-19(13(2)25-23-12)16-9-17(21)20-18(10-16)24(14(3)22-20)11-15-7-5-4-6-8-15;;/h4-10H,11H2,1-3H3;4-10H,11,21H2,1-3H3;2*1H4. The van der Waals surface area contributed by atoms with Crippen molar-refractivity contribution >= 4 is 43.7 Å². The van der Waals surface area contributed by atoms with Crippen LogP contribution in [0.3, 0.4) is 0 Å². The Kier molecular flexibility index (Phi) is 11.2.